The Balaban J connectivity index is 1.63. The van der Waals surface area contributed by atoms with E-state index in [1.54, 1.807) is 26.2 Å². The standard InChI is InChI=1S/C19H19FN4O2S/c1-12-4-7-14(10-16(12)20)21-17(25)11-27-19-23-22-18(24(19)2)13-5-8-15(26-3)9-6-13/h4-10H,11H2,1-3H3,(H,21,25). The van der Waals surface area contributed by atoms with Crippen LogP contribution in [0.4, 0.5) is 10.1 Å². The summed E-state index contributed by atoms with van der Waals surface area (Å²) in [5.41, 5.74) is 1.87. The molecule has 0 aliphatic carbocycles. The molecule has 8 heteroatoms. The zero-order chi connectivity index (χ0) is 19.4. The van der Waals surface area contributed by atoms with Crippen LogP contribution in [0.2, 0.25) is 0 Å². The molecule has 3 aromatic rings. The van der Waals surface area contributed by atoms with Crippen LogP contribution in [0.1, 0.15) is 5.56 Å². The van der Waals surface area contributed by atoms with E-state index in [-0.39, 0.29) is 17.5 Å². The molecule has 6 nitrogen and oxygen atoms in total. The normalized spacial score (nSPS) is 10.7. The van der Waals surface area contributed by atoms with Crippen molar-refractivity contribution in [3.8, 4) is 17.1 Å². The van der Waals surface area contributed by atoms with E-state index in [0.717, 1.165) is 11.3 Å². The molecular formula is C19H19FN4O2S. The van der Waals surface area contributed by atoms with Crippen LogP contribution < -0.4 is 10.1 Å². The van der Waals surface area contributed by atoms with Gasteiger partial charge < -0.3 is 14.6 Å². The van der Waals surface area contributed by atoms with Gasteiger partial charge in [0.05, 0.1) is 12.9 Å². The Bertz CT molecular complexity index is 957. The predicted octanol–water partition coefficient (Wildman–Crippen LogP) is 3.67. The molecule has 1 N–H and O–H groups in total. The predicted molar refractivity (Wildman–Crippen MR) is 103 cm³/mol. The summed E-state index contributed by atoms with van der Waals surface area (Å²) in [6.45, 7) is 1.67. The molecule has 0 aliphatic heterocycles. The van der Waals surface area contributed by atoms with Gasteiger partial charge in [0.15, 0.2) is 11.0 Å². The van der Waals surface area contributed by atoms with Crippen LogP contribution >= 0.6 is 11.8 Å². The van der Waals surface area contributed by atoms with E-state index in [0.29, 0.717) is 22.2 Å². The molecule has 3 rings (SSSR count). The SMILES string of the molecule is COc1ccc(-c2nnc(SCC(=O)Nc3ccc(C)c(F)c3)n2C)cc1. The molecule has 0 fully saturated rings. The maximum Gasteiger partial charge on any atom is 0.234 e. The lowest BCUT2D eigenvalue weighted by Crippen LogP contribution is -2.14. The molecular weight excluding hydrogens is 367 g/mol. The summed E-state index contributed by atoms with van der Waals surface area (Å²) in [5.74, 6) is 1.01. The van der Waals surface area contributed by atoms with Gasteiger partial charge in [-0.25, -0.2) is 4.39 Å². The van der Waals surface area contributed by atoms with Crippen molar-refractivity contribution in [1.29, 1.82) is 0 Å². The monoisotopic (exact) mass is 386 g/mol. The fourth-order valence-electron chi connectivity index (χ4n) is 2.43. The van der Waals surface area contributed by atoms with Crippen LogP contribution in [0, 0.1) is 12.7 Å². The molecule has 0 radical (unpaired) electrons. The molecule has 1 heterocycles. The van der Waals surface area contributed by atoms with Crippen molar-refractivity contribution >= 4 is 23.4 Å². The summed E-state index contributed by atoms with van der Waals surface area (Å²) >= 11 is 1.26. The van der Waals surface area contributed by atoms with Gasteiger partial charge in [-0.15, -0.1) is 10.2 Å². The largest absolute Gasteiger partial charge is 0.497 e. The van der Waals surface area contributed by atoms with E-state index in [1.807, 2.05) is 35.9 Å². The van der Waals surface area contributed by atoms with E-state index in [4.69, 9.17) is 4.74 Å². The maximum atomic E-state index is 13.6. The first-order valence-electron chi connectivity index (χ1n) is 8.20. The van der Waals surface area contributed by atoms with Crippen LogP contribution in [0.25, 0.3) is 11.4 Å². The lowest BCUT2D eigenvalue weighted by molar-refractivity contribution is -0.113. The first-order chi connectivity index (χ1) is 13.0. The van der Waals surface area contributed by atoms with Crippen LogP contribution in [-0.2, 0) is 11.8 Å². The number of rotatable bonds is 6. The second kappa shape index (κ2) is 8.22. The van der Waals surface area contributed by atoms with E-state index < -0.39 is 0 Å². The van der Waals surface area contributed by atoms with Crippen molar-refractivity contribution in [2.45, 2.75) is 12.1 Å². The van der Waals surface area contributed by atoms with Crippen molar-refractivity contribution in [1.82, 2.24) is 14.8 Å². The van der Waals surface area contributed by atoms with Crippen LogP contribution in [-0.4, -0.2) is 33.5 Å². The fraction of sp³-hybridized carbons (Fsp3) is 0.211. The van der Waals surface area contributed by atoms with E-state index >= 15 is 0 Å². The number of carbonyl (C=O) groups is 1. The number of hydrogen-bond donors (Lipinski definition) is 1. The minimum absolute atomic E-state index is 0.143. The highest BCUT2D eigenvalue weighted by Crippen LogP contribution is 2.24. The summed E-state index contributed by atoms with van der Waals surface area (Å²) in [6.07, 6.45) is 0. The average Bonchev–Trinajstić information content (AvgIpc) is 3.03. The van der Waals surface area contributed by atoms with E-state index in [1.165, 1.54) is 17.8 Å². The lowest BCUT2D eigenvalue weighted by Gasteiger charge is -2.07. The molecule has 0 bridgehead atoms. The van der Waals surface area contributed by atoms with Crippen LogP contribution in [0.5, 0.6) is 5.75 Å². The molecule has 0 saturated heterocycles. The Morgan fingerprint density at radius 1 is 1.22 bits per heavy atom. The smallest absolute Gasteiger partial charge is 0.234 e. The highest BCUT2D eigenvalue weighted by atomic mass is 32.2. The number of methoxy groups -OCH3 is 1. The average molecular weight is 386 g/mol. The number of amides is 1. The highest BCUT2D eigenvalue weighted by molar-refractivity contribution is 7.99. The third-order valence-electron chi connectivity index (χ3n) is 3.97. The van der Waals surface area contributed by atoms with Gasteiger partial charge in [-0.05, 0) is 48.9 Å². The van der Waals surface area contributed by atoms with Gasteiger partial charge in [-0.1, -0.05) is 17.8 Å². The number of anilines is 1. The Kier molecular flexibility index (Phi) is 5.75. The van der Waals surface area contributed by atoms with Gasteiger partial charge in [0.25, 0.3) is 0 Å². The van der Waals surface area contributed by atoms with Gasteiger partial charge in [-0.3, -0.25) is 4.79 Å². The zero-order valence-electron chi connectivity index (χ0n) is 15.2. The van der Waals surface area contributed by atoms with Crippen LogP contribution in [0.3, 0.4) is 0 Å². The van der Waals surface area contributed by atoms with Gasteiger partial charge in [0.1, 0.15) is 11.6 Å². The number of ether oxygens (including phenoxy) is 1. The van der Waals surface area contributed by atoms with E-state index in [2.05, 4.69) is 15.5 Å². The second-order valence-electron chi connectivity index (χ2n) is 5.89. The molecule has 0 unspecified atom stereocenters. The van der Waals surface area contributed by atoms with Gasteiger partial charge >= 0.3 is 0 Å². The lowest BCUT2D eigenvalue weighted by atomic mass is 10.2. The Morgan fingerprint density at radius 3 is 2.63 bits per heavy atom. The Hall–Kier alpha value is -2.87. The quantitative estimate of drug-likeness (QED) is 0.655. The number of aryl methyl sites for hydroxylation is 1. The molecule has 1 amide bonds. The minimum Gasteiger partial charge on any atom is -0.497 e. The third-order valence-corrected chi connectivity index (χ3v) is 4.99. The third kappa shape index (κ3) is 4.46. The number of nitrogens with one attached hydrogen (secondary N) is 1. The summed E-state index contributed by atoms with van der Waals surface area (Å²) in [5, 5.41) is 11.6. The fourth-order valence-corrected chi connectivity index (χ4v) is 3.14. The van der Waals surface area contributed by atoms with Crippen molar-refractivity contribution < 1.29 is 13.9 Å². The number of carbonyl (C=O) groups excluding carboxylic acids is 1. The molecule has 0 spiro atoms. The Morgan fingerprint density at radius 2 is 1.96 bits per heavy atom. The van der Waals surface area contributed by atoms with Gasteiger partial charge in [0.2, 0.25) is 5.91 Å². The molecule has 0 atom stereocenters. The second-order valence-corrected chi connectivity index (χ2v) is 6.84. The summed E-state index contributed by atoms with van der Waals surface area (Å²) in [4.78, 5) is 12.1. The molecule has 1 aromatic heterocycles. The van der Waals surface area contributed by atoms with Crippen molar-refractivity contribution in [2.24, 2.45) is 7.05 Å². The number of halogens is 1. The van der Waals surface area contributed by atoms with Crippen molar-refractivity contribution in [2.75, 3.05) is 18.2 Å². The molecule has 0 aliphatic rings. The molecule has 0 saturated carbocycles. The number of hydrogen-bond acceptors (Lipinski definition) is 5. The number of aromatic nitrogens is 3. The van der Waals surface area contributed by atoms with Gasteiger partial charge in [-0.2, -0.15) is 0 Å². The Labute approximate surface area is 160 Å². The number of thioether (sulfide) groups is 1. The first kappa shape index (κ1) is 18.9. The summed E-state index contributed by atoms with van der Waals surface area (Å²) in [7, 11) is 3.46. The molecule has 2 aromatic carbocycles. The molecule has 27 heavy (non-hydrogen) atoms. The molecule has 140 valence electrons. The minimum atomic E-state index is -0.349. The summed E-state index contributed by atoms with van der Waals surface area (Å²) in [6, 6.07) is 12.1. The summed E-state index contributed by atoms with van der Waals surface area (Å²) < 4.78 is 20.5. The number of benzene rings is 2. The zero-order valence-corrected chi connectivity index (χ0v) is 16.0. The van der Waals surface area contributed by atoms with Gasteiger partial charge in [0, 0.05) is 18.3 Å². The first-order valence-corrected chi connectivity index (χ1v) is 9.19. The maximum absolute atomic E-state index is 13.6. The van der Waals surface area contributed by atoms with Crippen molar-refractivity contribution in [3.63, 3.8) is 0 Å². The number of nitrogens with zero attached hydrogens (tertiary/aromatic N) is 3. The highest BCUT2D eigenvalue weighted by Gasteiger charge is 2.13. The van der Waals surface area contributed by atoms with Crippen molar-refractivity contribution in [3.05, 3.63) is 53.8 Å². The topological polar surface area (TPSA) is 69.0 Å². The van der Waals surface area contributed by atoms with E-state index in [9.17, 15) is 9.18 Å². The van der Waals surface area contributed by atoms with Crippen LogP contribution in [0.15, 0.2) is 47.6 Å².